The number of anilines is 1. The van der Waals surface area contributed by atoms with Crippen molar-refractivity contribution in [3.63, 3.8) is 0 Å². The molecule has 0 radical (unpaired) electrons. The summed E-state index contributed by atoms with van der Waals surface area (Å²) in [6.07, 6.45) is 1.69. The summed E-state index contributed by atoms with van der Waals surface area (Å²) in [5.74, 6) is -1.72. The fourth-order valence-electron chi connectivity index (χ4n) is 2.01. The number of carbonyl (C=O) groups is 3. The number of aryl methyl sites for hydroxylation is 1. The molecule has 2 rings (SSSR count). The molecule has 0 saturated heterocycles. The Kier molecular flexibility index (Phi) is 5.59. The van der Waals surface area contributed by atoms with Crippen molar-refractivity contribution in [1.82, 2.24) is 9.78 Å². The van der Waals surface area contributed by atoms with Gasteiger partial charge >= 0.3 is 11.9 Å². The molecule has 24 heavy (non-hydrogen) atoms. The molecule has 0 spiro atoms. The Morgan fingerprint density at radius 3 is 2.38 bits per heavy atom. The molecular weight excluding hydrogens is 449 g/mol. The normalized spacial score (nSPS) is 10.4. The first kappa shape index (κ1) is 18.4. The van der Waals surface area contributed by atoms with Gasteiger partial charge in [0.1, 0.15) is 9.88 Å². The molecule has 2 aromatic rings. The van der Waals surface area contributed by atoms with E-state index in [9.17, 15) is 14.4 Å². The Labute approximate surface area is 155 Å². The molecular formula is C14H14IN3O5S. The first-order valence-electron chi connectivity index (χ1n) is 6.60. The summed E-state index contributed by atoms with van der Waals surface area (Å²) in [5, 5.41) is 6.92. The minimum atomic E-state index is -0.648. The van der Waals surface area contributed by atoms with Crippen molar-refractivity contribution in [2.75, 3.05) is 19.5 Å². The van der Waals surface area contributed by atoms with Crippen molar-refractivity contribution in [2.24, 2.45) is 7.05 Å². The van der Waals surface area contributed by atoms with Crippen LogP contribution in [0.2, 0.25) is 0 Å². The molecule has 0 aromatic carbocycles. The predicted octanol–water partition coefficient (Wildman–Crippen LogP) is 2.22. The predicted molar refractivity (Wildman–Crippen MR) is 95.6 cm³/mol. The van der Waals surface area contributed by atoms with Crippen molar-refractivity contribution in [3.05, 3.63) is 31.5 Å². The van der Waals surface area contributed by atoms with E-state index >= 15 is 0 Å². The van der Waals surface area contributed by atoms with E-state index in [1.165, 1.54) is 18.9 Å². The van der Waals surface area contributed by atoms with Crippen LogP contribution >= 0.6 is 33.9 Å². The lowest BCUT2D eigenvalue weighted by Crippen LogP contribution is -2.16. The van der Waals surface area contributed by atoms with Gasteiger partial charge in [-0.05, 0) is 35.1 Å². The largest absolute Gasteiger partial charge is 0.465 e. The van der Waals surface area contributed by atoms with E-state index in [1.54, 1.807) is 20.2 Å². The Bertz CT molecular complexity index is 827. The van der Waals surface area contributed by atoms with Gasteiger partial charge in [0.05, 0.1) is 23.4 Å². The number of methoxy groups -OCH3 is 2. The van der Waals surface area contributed by atoms with E-state index in [0.717, 1.165) is 11.3 Å². The van der Waals surface area contributed by atoms with Crippen molar-refractivity contribution in [1.29, 1.82) is 0 Å². The number of nitrogens with zero attached hydrogens (tertiary/aromatic N) is 2. The topological polar surface area (TPSA) is 99.5 Å². The van der Waals surface area contributed by atoms with Gasteiger partial charge in [-0.2, -0.15) is 5.10 Å². The monoisotopic (exact) mass is 463 g/mol. The molecule has 2 heterocycles. The number of rotatable bonds is 4. The third-order valence-electron chi connectivity index (χ3n) is 3.13. The Morgan fingerprint density at radius 1 is 1.25 bits per heavy atom. The lowest BCUT2D eigenvalue weighted by molar-refractivity contribution is 0.0601. The van der Waals surface area contributed by atoms with E-state index in [1.807, 2.05) is 22.6 Å². The van der Waals surface area contributed by atoms with Gasteiger partial charge in [0.2, 0.25) is 0 Å². The number of hydrogen-bond acceptors (Lipinski definition) is 7. The molecule has 2 aromatic heterocycles. The molecule has 1 amide bonds. The van der Waals surface area contributed by atoms with Crippen molar-refractivity contribution >= 4 is 56.8 Å². The quantitative estimate of drug-likeness (QED) is 0.552. The third-order valence-corrected chi connectivity index (χ3v) is 5.11. The van der Waals surface area contributed by atoms with Crippen LogP contribution in [0.25, 0.3) is 0 Å². The van der Waals surface area contributed by atoms with Crippen LogP contribution in [0.1, 0.15) is 36.1 Å². The molecule has 0 fully saturated rings. The van der Waals surface area contributed by atoms with Gasteiger partial charge < -0.3 is 14.8 Å². The molecule has 0 saturated carbocycles. The van der Waals surface area contributed by atoms with Gasteiger partial charge in [-0.3, -0.25) is 9.48 Å². The van der Waals surface area contributed by atoms with Crippen LogP contribution in [0.15, 0.2) is 6.20 Å². The fourth-order valence-corrected chi connectivity index (χ4v) is 3.88. The summed E-state index contributed by atoms with van der Waals surface area (Å²) in [6.45, 7) is 1.59. The van der Waals surface area contributed by atoms with Crippen LogP contribution in [0.3, 0.4) is 0 Å². The number of esters is 2. The molecule has 0 aliphatic rings. The van der Waals surface area contributed by atoms with E-state index < -0.39 is 17.8 Å². The third kappa shape index (κ3) is 3.43. The summed E-state index contributed by atoms with van der Waals surface area (Å²) in [7, 11) is 4.17. The first-order valence-corrected chi connectivity index (χ1v) is 8.50. The molecule has 1 N–H and O–H groups in total. The second kappa shape index (κ2) is 7.30. The molecule has 8 nitrogen and oxygen atoms in total. The highest BCUT2D eigenvalue weighted by molar-refractivity contribution is 14.1. The molecule has 128 valence electrons. The summed E-state index contributed by atoms with van der Waals surface area (Å²) in [6, 6.07) is 0. The number of thiophene rings is 1. The summed E-state index contributed by atoms with van der Waals surface area (Å²) in [5.41, 5.74) is 0.742. The maximum atomic E-state index is 12.4. The average Bonchev–Trinajstić information content (AvgIpc) is 3.05. The van der Waals surface area contributed by atoms with E-state index in [2.05, 4.69) is 10.4 Å². The summed E-state index contributed by atoms with van der Waals surface area (Å²) >= 11 is 2.94. The van der Waals surface area contributed by atoms with Gasteiger partial charge in [0.15, 0.2) is 5.69 Å². The van der Waals surface area contributed by atoms with Crippen molar-refractivity contribution < 1.29 is 23.9 Å². The Balaban J connectivity index is 2.45. The molecule has 0 aliphatic carbocycles. The standard InChI is InChI=1S/C14H14IN3O5S/c1-6-8(13(20)22-3)12(24-10(6)14(21)23-4)16-11(19)9-7(15)5-18(2)17-9/h5H,1-4H3,(H,16,19). The second-order valence-corrected chi connectivity index (χ2v) is 6.88. The van der Waals surface area contributed by atoms with E-state index in [4.69, 9.17) is 9.47 Å². The number of nitrogens with one attached hydrogen (secondary N) is 1. The smallest absolute Gasteiger partial charge is 0.348 e. The zero-order chi connectivity index (χ0) is 18.0. The summed E-state index contributed by atoms with van der Waals surface area (Å²) < 4.78 is 11.6. The average molecular weight is 463 g/mol. The minimum Gasteiger partial charge on any atom is -0.465 e. The van der Waals surface area contributed by atoms with E-state index in [0.29, 0.717) is 9.13 Å². The van der Waals surface area contributed by atoms with E-state index in [-0.39, 0.29) is 21.1 Å². The molecule has 0 aliphatic heterocycles. The van der Waals surface area contributed by atoms with Crippen molar-refractivity contribution in [3.8, 4) is 0 Å². The first-order chi connectivity index (χ1) is 11.3. The zero-order valence-electron chi connectivity index (χ0n) is 13.3. The lowest BCUT2D eigenvalue weighted by atomic mass is 10.1. The van der Waals surface area contributed by atoms with Crippen LogP contribution in [0.5, 0.6) is 0 Å². The minimum absolute atomic E-state index is 0.127. The highest BCUT2D eigenvalue weighted by Gasteiger charge is 2.27. The molecule has 0 atom stereocenters. The molecule has 10 heteroatoms. The maximum absolute atomic E-state index is 12.4. The van der Waals surface area contributed by atoms with Gasteiger partial charge in [-0.1, -0.05) is 0 Å². The maximum Gasteiger partial charge on any atom is 0.348 e. The van der Waals surface area contributed by atoms with Gasteiger partial charge in [-0.15, -0.1) is 11.3 Å². The highest BCUT2D eigenvalue weighted by atomic mass is 127. The number of halogens is 1. The summed E-state index contributed by atoms with van der Waals surface area (Å²) in [4.78, 5) is 36.5. The molecule has 0 unspecified atom stereocenters. The van der Waals surface area contributed by atoms with Crippen molar-refractivity contribution in [2.45, 2.75) is 6.92 Å². The number of carbonyl (C=O) groups excluding carboxylic acids is 3. The van der Waals surface area contributed by atoms with Crippen LogP contribution < -0.4 is 5.32 Å². The van der Waals surface area contributed by atoms with Gasteiger partial charge in [-0.25, -0.2) is 9.59 Å². The SMILES string of the molecule is COC(=O)c1sc(NC(=O)c2nn(C)cc2I)c(C(=O)OC)c1C. The second-order valence-electron chi connectivity index (χ2n) is 4.70. The number of amides is 1. The lowest BCUT2D eigenvalue weighted by Gasteiger charge is -2.05. The van der Waals surface area contributed by atoms with Gasteiger partial charge in [0, 0.05) is 13.2 Å². The van der Waals surface area contributed by atoms with Crippen LogP contribution in [-0.2, 0) is 16.5 Å². The Morgan fingerprint density at radius 2 is 1.88 bits per heavy atom. The number of hydrogen-bond donors (Lipinski definition) is 1. The highest BCUT2D eigenvalue weighted by Crippen LogP contribution is 2.34. The molecule has 0 bridgehead atoms. The zero-order valence-corrected chi connectivity index (χ0v) is 16.3. The van der Waals surface area contributed by atoms with Gasteiger partial charge in [0.25, 0.3) is 5.91 Å². The number of aromatic nitrogens is 2. The van der Waals surface area contributed by atoms with Crippen LogP contribution in [0, 0.1) is 10.5 Å². The fraction of sp³-hybridized carbons (Fsp3) is 0.286. The number of ether oxygens (including phenoxy) is 2. The Hall–Kier alpha value is -1.95. The van der Waals surface area contributed by atoms with Crippen LogP contribution in [-0.4, -0.2) is 41.8 Å². The van der Waals surface area contributed by atoms with Crippen LogP contribution in [0.4, 0.5) is 5.00 Å².